The van der Waals surface area contributed by atoms with Crippen molar-refractivity contribution in [3.63, 3.8) is 0 Å². The lowest BCUT2D eigenvalue weighted by atomic mass is 10.1. The van der Waals surface area contributed by atoms with Crippen molar-refractivity contribution in [2.24, 2.45) is 5.10 Å². The molecule has 0 aromatic heterocycles. The van der Waals surface area contributed by atoms with E-state index in [-0.39, 0.29) is 0 Å². The third-order valence-electron chi connectivity index (χ3n) is 5.02. The molecule has 166 valence electrons. The van der Waals surface area contributed by atoms with Gasteiger partial charge in [0.05, 0.1) is 12.8 Å². The highest BCUT2D eigenvalue weighted by Crippen LogP contribution is 2.30. The summed E-state index contributed by atoms with van der Waals surface area (Å²) in [5.74, 6) is 0.386. The summed E-state index contributed by atoms with van der Waals surface area (Å²) in [6.07, 6.45) is 1.51. The lowest BCUT2D eigenvalue weighted by Crippen LogP contribution is -2.17. The van der Waals surface area contributed by atoms with E-state index in [0.29, 0.717) is 30.3 Å². The molecular formula is C27H23FN2O3. The minimum absolute atomic E-state index is 0.320. The van der Waals surface area contributed by atoms with Crippen LogP contribution in [0.2, 0.25) is 0 Å². The fraction of sp³-hybridized carbons (Fsp3) is 0.111. The molecule has 0 heterocycles. The average Bonchev–Trinajstić information content (AvgIpc) is 2.84. The van der Waals surface area contributed by atoms with Crippen LogP contribution in [0.5, 0.6) is 11.5 Å². The number of rotatable bonds is 8. The second-order valence-corrected chi connectivity index (χ2v) is 7.27. The molecule has 0 fully saturated rings. The molecule has 33 heavy (non-hydrogen) atoms. The zero-order valence-corrected chi connectivity index (χ0v) is 18.1. The SMILES string of the molecule is CCOc1cc(/C=N\NC(=O)c2ccc(F)cc2)ccc1OCc1cccc2ccccc12. The van der Waals surface area contributed by atoms with Crippen molar-refractivity contribution in [1.82, 2.24) is 5.43 Å². The van der Waals surface area contributed by atoms with Gasteiger partial charge in [-0.1, -0.05) is 42.5 Å². The number of fused-ring (bicyclic) bond motifs is 1. The maximum absolute atomic E-state index is 13.0. The van der Waals surface area contributed by atoms with Crippen molar-refractivity contribution >= 4 is 22.9 Å². The summed E-state index contributed by atoms with van der Waals surface area (Å²) in [7, 11) is 0. The number of nitrogens with zero attached hydrogens (tertiary/aromatic N) is 1. The Labute approximate surface area is 191 Å². The van der Waals surface area contributed by atoms with Crippen molar-refractivity contribution < 1.29 is 18.7 Å². The number of hydrazone groups is 1. The standard InChI is InChI=1S/C27H23FN2O3/c1-2-32-26-16-19(17-29-30-27(31)21-11-13-23(28)14-12-21)10-15-25(26)33-18-22-8-5-7-20-6-3-4-9-24(20)22/h3-17H,2,18H2,1H3,(H,30,31)/b29-17-. The Balaban J connectivity index is 1.45. The number of carbonyl (C=O) groups is 1. The van der Waals surface area contributed by atoms with E-state index in [1.165, 1.54) is 30.5 Å². The van der Waals surface area contributed by atoms with E-state index < -0.39 is 11.7 Å². The van der Waals surface area contributed by atoms with Gasteiger partial charge in [0.1, 0.15) is 12.4 Å². The number of hydrogen-bond acceptors (Lipinski definition) is 4. The molecule has 6 heteroatoms. The third kappa shape index (κ3) is 5.54. The van der Waals surface area contributed by atoms with Crippen molar-refractivity contribution in [2.45, 2.75) is 13.5 Å². The molecule has 4 aromatic rings. The Hall–Kier alpha value is -4.19. The topological polar surface area (TPSA) is 59.9 Å². The van der Waals surface area contributed by atoms with Crippen molar-refractivity contribution in [3.05, 3.63) is 107 Å². The van der Waals surface area contributed by atoms with Gasteiger partial charge in [0.2, 0.25) is 0 Å². The van der Waals surface area contributed by atoms with E-state index in [1.54, 1.807) is 6.07 Å². The van der Waals surface area contributed by atoms with Gasteiger partial charge in [0.25, 0.3) is 5.91 Å². The number of benzene rings is 4. The van der Waals surface area contributed by atoms with Crippen LogP contribution in [0.25, 0.3) is 10.8 Å². The summed E-state index contributed by atoms with van der Waals surface area (Å²) in [6.45, 7) is 2.79. The van der Waals surface area contributed by atoms with Crippen molar-refractivity contribution in [2.75, 3.05) is 6.61 Å². The third-order valence-corrected chi connectivity index (χ3v) is 5.02. The number of carbonyl (C=O) groups excluding carboxylic acids is 1. The van der Waals surface area contributed by atoms with Gasteiger partial charge in [-0.3, -0.25) is 4.79 Å². The molecule has 0 radical (unpaired) electrons. The van der Waals surface area contributed by atoms with Crippen LogP contribution in [0.3, 0.4) is 0 Å². The van der Waals surface area contributed by atoms with Gasteiger partial charge in [-0.15, -0.1) is 0 Å². The van der Waals surface area contributed by atoms with Gasteiger partial charge in [-0.05, 0) is 71.3 Å². The predicted molar refractivity (Wildman–Crippen MR) is 127 cm³/mol. The summed E-state index contributed by atoms with van der Waals surface area (Å²) in [6, 6.07) is 25.0. The number of ether oxygens (including phenoxy) is 2. The number of halogens is 1. The van der Waals surface area contributed by atoms with Gasteiger partial charge in [-0.2, -0.15) is 5.10 Å². The number of amides is 1. The van der Waals surface area contributed by atoms with Crippen LogP contribution in [0, 0.1) is 5.82 Å². The van der Waals surface area contributed by atoms with Crippen LogP contribution in [0.4, 0.5) is 4.39 Å². The van der Waals surface area contributed by atoms with Crippen LogP contribution in [-0.4, -0.2) is 18.7 Å². The Morgan fingerprint density at radius 3 is 2.55 bits per heavy atom. The highest BCUT2D eigenvalue weighted by Gasteiger charge is 2.09. The summed E-state index contributed by atoms with van der Waals surface area (Å²) in [5.41, 5.74) is 4.57. The lowest BCUT2D eigenvalue weighted by molar-refractivity contribution is 0.0955. The second-order valence-electron chi connectivity index (χ2n) is 7.27. The molecule has 0 aliphatic carbocycles. The first-order chi connectivity index (χ1) is 16.1. The van der Waals surface area contributed by atoms with Gasteiger partial charge >= 0.3 is 0 Å². The average molecular weight is 442 g/mol. The number of hydrogen-bond donors (Lipinski definition) is 1. The molecule has 0 unspecified atom stereocenters. The lowest BCUT2D eigenvalue weighted by Gasteiger charge is -2.13. The summed E-state index contributed by atoms with van der Waals surface area (Å²) < 4.78 is 24.8. The minimum Gasteiger partial charge on any atom is -0.490 e. The van der Waals surface area contributed by atoms with E-state index >= 15 is 0 Å². The Morgan fingerprint density at radius 2 is 1.73 bits per heavy atom. The first-order valence-corrected chi connectivity index (χ1v) is 10.6. The maximum Gasteiger partial charge on any atom is 0.271 e. The Bertz CT molecular complexity index is 1280. The summed E-state index contributed by atoms with van der Waals surface area (Å²) in [4.78, 5) is 12.1. The maximum atomic E-state index is 13.0. The van der Waals surface area contributed by atoms with Gasteiger partial charge in [0, 0.05) is 5.56 Å². The fourth-order valence-electron chi connectivity index (χ4n) is 3.40. The summed E-state index contributed by atoms with van der Waals surface area (Å²) in [5, 5.41) is 6.30. The molecule has 4 aromatic carbocycles. The van der Waals surface area contributed by atoms with Crippen LogP contribution >= 0.6 is 0 Å². The van der Waals surface area contributed by atoms with Crippen LogP contribution in [0.15, 0.2) is 90.0 Å². The first kappa shape index (κ1) is 22.0. The Morgan fingerprint density at radius 1 is 0.939 bits per heavy atom. The fourth-order valence-corrected chi connectivity index (χ4v) is 3.40. The molecule has 1 N–H and O–H groups in total. The van der Waals surface area contributed by atoms with E-state index in [0.717, 1.165) is 21.9 Å². The zero-order chi connectivity index (χ0) is 23.0. The van der Waals surface area contributed by atoms with E-state index in [1.807, 2.05) is 43.3 Å². The highest BCUT2D eigenvalue weighted by molar-refractivity contribution is 5.94. The molecule has 1 amide bonds. The molecule has 5 nitrogen and oxygen atoms in total. The normalized spacial score (nSPS) is 11.0. The van der Waals surface area contributed by atoms with E-state index in [4.69, 9.17) is 9.47 Å². The van der Waals surface area contributed by atoms with Gasteiger partial charge in [0.15, 0.2) is 11.5 Å². The number of nitrogens with one attached hydrogen (secondary N) is 1. The van der Waals surface area contributed by atoms with Crippen LogP contribution in [0.1, 0.15) is 28.4 Å². The monoisotopic (exact) mass is 442 g/mol. The molecular weight excluding hydrogens is 419 g/mol. The largest absolute Gasteiger partial charge is 0.490 e. The molecule has 0 spiro atoms. The molecule has 0 aliphatic rings. The smallest absolute Gasteiger partial charge is 0.271 e. The molecule has 0 atom stereocenters. The first-order valence-electron chi connectivity index (χ1n) is 10.6. The quantitative estimate of drug-likeness (QED) is 0.280. The molecule has 0 saturated carbocycles. The Kier molecular flexibility index (Phi) is 6.95. The van der Waals surface area contributed by atoms with Crippen molar-refractivity contribution in [3.8, 4) is 11.5 Å². The van der Waals surface area contributed by atoms with Gasteiger partial charge in [-0.25, -0.2) is 9.82 Å². The van der Waals surface area contributed by atoms with Crippen molar-refractivity contribution in [1.29, 1.82) is 0 Å². The molecule has 4 rings (SSSR count). The summed E-state index contributed by atoms with van der Waals surface area (Å²) >= 11 is 0. The zero-order valence-electron chi connectivity index (χ0n) is 18.1. The van der Waals surface area contributed by atoms with E-state index in [9.17, 15) is 9.18 Å². The molecule has 0 bridgehead atoms. The predicted octanol–water partition coefficient (Wildman–Crippen LogP) is 5.72. The van der Waals surface area contributed by atoms with Crippen LogP contribution in [-0.2, 0) is 6.61 Å². The van der Waals surface area contributed by atoms with Crippen LogP contribution < -0.4 is 14.9 Å². The van der Waals surface area contributed by atoms with Gasteiger partial charge < -0.3 is 9.47 Å². The molecule has 0 saturated heterocycles. The minimum atomic E-state index is -0.425. The molecule has 0 aliphatic heterocycles. The highest BCUT2D eigenvalue weighted by atomic mass is 19.1. The second kappa shape index (κ2) is 10.4. The van der Waals surface area contributed by atoms with E-state index in [2.05, 4.69) is 28.7 Å².